The normalized spacial score (nSPS) is 12.9. The van der Waals surface area contributed by atoms with Crippen LogP contribution in [0.25, 0.3) is 44.7 Å². The fourth-order valence-electron chi connectivity index (χ4n) is 5.09. The fraction of sp³-hybridized carbons (Fsp3) is 0.0938. The molecule has 0 radical (unpaired) electrons. The van der Waals surface area contributed by atoms with Crippen LogP contribution in [0.4, 0.5) is 11.4 Å². The van der Waals surface area contributed by atoms with E-state index in [1.807, 2.05) is 31.2 Å². The van der Waals surface area contributed by atoms with Gasteiger partial charge in [0.1, 0.15) is 28.5 Å². The number of carbonyl (C=O) groups is 1. The van der Waals surface area contributed by atoms with Crippen molar-refractivity contribution < 1.29 is 34.8 Å². The minimum absolute atomic E-state index is 0.0311. The molecule has 0 aliphatic rings. The molecule has 4 aromatic carbocycles. The van der Waals surface area contributed by atoms with Gasteiger partial charge in [0.25, 0.3) is 0 Å². The van der Waals surface area contributed by atoms with E-state index in [1.165, 1.54) is 42.5 Å². The molecule has 2 heterocycles. The zero-order valence-corrected chi connectivity index (χ0v) is 23.5. The highest BCUT2D eigenvalue weighted by Gasteiger charge is 2.24. The quantitative estimate of drug-likeness (QED) is 0.123. The number of benzene rings is 4. The number of para-hydroxylation sites is 2. The van der Waals surface area contributed by atoms with Gasteiger partial charge in [0, 0.05) is 42.9 Å². The number of imidazole rings is 1. The first-order valence-electron chi connectivity index (χ1n) is 13.6. The van der Waals surface area contributed by atoms with E-state index in [0.717, 1.165) is 5.52 Å². The molecule has 6 aromatic rings. The molecule has 2 aromatic heterocycles. The van der Waals surface area contributed by atoms with E-state index in [0.29, 0.717) is 28.9 Å². The van der Waals surface area contributed by atoms with Gasteiger partial charge < -0.3 is 24.1 Å². The molecule has 0 saturated heterocycles. The summed E-state index contributed by atoms with van der Waals surface area (Å²) in [5, 5.41) is 39.3. The van der Waals surface area contributed by atoms with E-state index in [2.05, 4.69) is 0 Å². The summed E-state index contributed by atoms with van der Waals surface area (Å²) in [5.41, 5.74) is 2.76. The number of carbonyl (C=O) groups excluding carboxylic acids is 1. The molecular formula is C32H26N4O8. The number of fused-ring (bicyclic) bond motifs is 2. The van der Waals surface area contributed by atoms with Crippen molar-refractivity contribution >= 4 is 39.3 Å². The zero-order valence-electron chi connectivity index (χ0n) is 23.5. The minimum atomic E-state index is -1.12. The lowest BCUT2D eigenvalue weighted by atomic mass is 10.0. The standard InChI is InChI=1S/C32H26N4O8/c1-3-18-16-23-27(17-26(18)44-32(38)20-10-14-22(15-11-20)36(41)42)43-30(19-8-12-21(13-9-19)35(39)40)28(29(23)37)31-33-24-6-4-5-7-25(24)34(31)2/h4-17,35-36,39,41H,3H2,1-2H3. The van der Waals surface area contributed by atoms with Crippen molar-refractivity contribution in [3.8, 4) is 28.5 Å². The molecule has 222 valence electrons. The Balaban J connectivity index is 1.53. The molecule has 0 bridgehead atoms. The van der Waals surface area contributed by atoms with Crippen molar-refractivity contribution in [2.24, 2.45) is 7.05 Å². The number of hydrogen-bond acceptors (Lipinski definition) is 9. The maximum absolute atomic E-state index is 14.3. The van der Waals surface area contributed by atoms with Gasteiger partial charge in [0.15, 0.2) is 11.4 Å². The molecular weight excluding hydrogens is 568 g/mol. The van der Waals surface area contributed by atoms with Gasteiger partial charge in [-0.25, -0.2) is 20.2 Å². The third-order valence-electron chi connectivity index (χ3n) is 7.43. The Bertz CT molecular complexity index is 2080. The Morgan fingerprint density at radius 2 is 1.59 bits per heavy atom. The summed E-state index contributed by atoms with van der Waals surface area (Å²) < 4.78 is 13.9. The number of hydrogen-bond donors (Lipinski definition) is 4. The summed E-state index contributed by atoms with van der Waals surface area (Å²) in [6.45, 7) is 1.85. The van der Waals surface area contributed by atoms with Crippen molar-refractivity contribution in [2.75, 3.05) is 0 Å². The molecule has 0 aliphatic carbocycles. The van der Waals surface area contributed by atoms with Crippen LogP contribution in [0.1, 0.15) is 22.8 Å². The van der Waals surface area contributed by atoms with Crippen LogP contribution >= 0.6 is 0 Å². The first-order chi connectivity index (χ1) is 21.2. The van der Waals surface area contributed by atoms with Crippen molar-refractivity contribution in [1.82, 2.24) is 9.55 Å². The molecule has 0 spiro atoms. The first kappa shape index (κ1) is 28.9. The number of nitrogens with one attached hydrogen (secondary N) is 2. The predicted molar refractivity (Wildman–Crippen MR) is 160 cm³/mol. The van der Waals surface area contributed by atoms with Gasteiger partial charge in [-0.1, -0.05) is 19.1 Å². The van der Waals surface area contributed by atoms with Gasteiger partial charge in [-0.3, -0.25) is 4.79 Å². The number of nitrogens with zero attached hydrogens (tertiary/aromatic N) is 2. The number of aromatic nitrogens is 2. The second kappa shape index (κ2) is 11.5. The van der Waals surface area contributed by atoms with Crippen LogP contribution in [-0.2, 0) is 13.5 Å². The number of quaternary nitrogens is 2. The van der Waals surface area contributed by atoms with Gasteiger partial charge in [0.05, 0.1) is 22.0 Å². The van der Waals surface area contributed by atoms with Gasteiger partial charge in [-0.05, 0) is 54.4 Å². The van der Waals surface area contributed by atoms with E-state index in [1.54, 1.807) is 29.8 Å². The van der Waals surface area contributed by atoms with Gasteiger partial charge >= 0.3 is 5.97 Å². The molecule has 0 fully saturated rings. The monoisotopic (exact) mass is 594 g/mol. The van der Waals surface area contributed by atoms with Crippen LogP contribution in [0.2, 0.25) is 0 Å². The number of rotatable bonds is 7. The third kappa shape index (κ3) is 5.14. The van der Waals surface area contributed by atoms with Crippen LogP contribution in [-0.4, -0.2) is 25.9 Å². The molecule has 4 N–H and O–H groups in total. The van der Waals surface area contributed by atoms with E-state index in [4.69, 9.17) is 19.3 Å². The van der Waals surface area contributed by atoms with E-state index in [-0.39, 0.29) is 50.4 Å². The summed E-state index contributed by atoms with van der Waals surface area (Å²) >= 11 is 0. The SMILES string of the molecule is CCc1cc2c(=O)c(-c3nc4ccccc4n3C)c(-c3ccc([NH+]([O-])O)cc3)oc2cc1OC(=O)c1ccc([NH+]([O-])O)cc1. The Morgan fingerprint density at radius 1 is 0.955 bits per heavy atom. The summed E-state index contributed by atoms with van der Waals surface area (Å²) in [6, 6.07) is 21.9. The Morgan fingerprint density at radius 3 is 2.20 bits per heavy atom. The molecule has 12 heteroatoms. The fourth-order valence-corrected chi connectivity index (χ4v) is 5.09. The summed E-state index contributed by atoms with van der Waals surface area (Å²) in [4.78, 5) is 32.0. The Labute approximate surface area is 249 Å². The number of esters is 1. The van der Waals surface area contributed by atoms with E-state index in [9.17, 15) is 25.2 Å². The molecule has 2 unspecified atom stereocenters. The Hall–Kier alpha value is -5.21. The molecule has 0 aliphatic heterocycles. The second-order valence-corrected chi connectivity index (χ2v) is 10.1. The zero-order chi connectivity index (χ0) is 31.1. The summed E-state index contributed by atoms with van der Waals surface area (Å²) in [5.74, 6) is 0.0124. The number of ether oxygens (including phenoxy) is 1. The van der Waals surface area contributed by atoms with Gasteiger partial charge in [-0.15, -0.1) is 0 Å². The number of aryl methyl sites for hydroxylation is 2. The Kier molecular flexibility index (Phi) is 7.53. The minimum Gasteiger partial charge on any atom is -0.595 e. The molecule has 0 saturated carbocycles. The van der Waals surface area contributed by atoms with E-state index >= 15 is 0 Å². The highest BCUT2D eigenvalue weighted by molar-refractivity contribution is 5.94. The second-order valence-electron chi connectivity index (χ2n) is 10.1. The average Bonchev–Trinajstić information content (AvgIpc) is 3.36. The molecule has 44 heavy (non-hydrogen) atoms. The van der Waals surface area contributed by atoms with Crippen LogP contribution in [0.5, 0.6) is 5.75 Å². The highest BCUT2D eigenvalue weighted by atomic mass is 16.8. The third-order valence-corrected chi connectivity index (χ3v) is 7.43. The van der Waals surface area contributed by atoms with E-state index < -0.39 is 16.4 Å². The summed E-state index contributed by atoms with van der Waals surface area (Å²) in [6.07, 6.45) is 0.427. The summed E-state index contributed by atoms with van der Waals surface area (Å²) in [7, 11) is 1.80. The van der Waals surface area contributed by atoms with Crippen LogP contribution in [0, 0.1) is 10.4 Å². The lowest BCUT2D eigenvalue weighted by Gasteiger charge is -2.15. The van der Waals surface area contributed by atoms with Crippen molar-refractivity contribution in [3.05, 3.63) is 117 Å². The van der Waals surface area contributed by atoms with Crippen LogP contribution in [0.15, 0.2) is 94.1 Å². The van der Waals surface area contributed by atoms with Crippen molar-refractivity contribution in [2.45, 2.75) is 13.3 Å². The van der Waals surface area contributed by atoms with Crippen molar-refractivity contribution in [3.63, 3.8) is 0 Å². The van der Waals surface area contributed by atoms with Crippen molar-refractivity contribution in [1.29, 1.82) is 0 Å². The smallest absolute Gasteiger partial charge is 0.343 e. The maximum Gasteiger partial charge on any atom is 0.343 e. The first-order valence-corrected chi connectivity index (χ1v) is 13.6. The van der Waals surface area contributed by atoms with Crippen LogP contribution < -0.4 is 20.6 Å². The topological polar surface area (TPSA) is 170 Å². The highest BCUT2D eigenvalue weighted by Crippen LogP contribution is 2.36. The lowest BCUT2D eigenvalue weighted by molar-refractivity contribution is -0.991. The maximum atomic E-state index is 14.3. The van der Waals surface area contributed by atoms with Gasteiger partial charge in [0.2, 0.25) is 5.43 Å². The molecule has 6 rings (SSSR count). The molecule has 12 nitrogen and oxygen atoms in total. The van der Waals surface area contributed by atoms with Gasteiger partial charge in [-0.2, -0.15) is 10.5 Å². The molecule has 0 amide bonds. The predicted octanol–water partition coefficient (Wildman–Crippen LogP) is 3.60. The van der Waals surface area contributed by atoms with Crippen LogP contribution in [0.3, 0.4) is 0 Å². The largest absolute Gasteiger partial charge is 0.595 e. The lowest BCUT2D eigenvalue weighted by Crippen LogP contribution is -2.99. The average molecular weight is 595 g/mol. The molecule has 2 atom stereocenters.